The molecule has 1 saturated carbocycles. The van der Waals surface area contributed by atoms with Gasteiger partial charge in [0, 0.05) is 12.6 Å². The van der Waals surface area contributed by atoms with Gasteiger partial charge in [0.05, 0.1) is 11.8 Å². The highest BCUT2D eigenvalue weighted by atomic mass is 16.4. The third-order valence-electron chi connectivity index (χ3n) is 4.76. The van der Waals surface area contributed by atoms with Crippen LogP contribution in [-0.2, 0) is 9.59 Å². The van der Waals surface area contributed by atoms with E-state index < -0.39 is 11.9 Å². The Balaban J connectivity index is 1.82. The predicted octanol–water partition coefficient (Wildman–Crippen LogP) is 1.48. The Morgan fingerprint density at radius 3 is 2.35 bits per heavy atom. The van der Waals surface area contributed by atoms with Crippen LogP contribution in [0.3, 0.4) is 0 Å². The lowest BCUT2D eigenvalue weighted by atomic mass is 9.78. The molecule has 2 N–H and O–H groups in total. The SMILES string of the molecule is CC(CNC(=O)C1CCCCC1C(=O)O)N1CCCC1. The number of carboxylic acid groups (broad SMARTS) is 1. The maximum Gasteiger partial charge on any atom is 0.307 e. The van der Waals surface area contributed by atoms with Gasteiger partial charge in [-0.15, -0.1) is 0 Å². The van der Waals surface area contributed by atoms with E-state index in [9.17, 15) is 14.7 Å². The molecule has 2 fully saturated rings. The summed E-state index contributed by atoms with van der Waals surface area (Å²) < 4.78 is 0. The van der Waals surface area contributed by atoms with E-state index in [1.54, 1.807) is 0 Å². The van der Waals surface area contributed by atoms with Crippen LogP contribution in [0.2, 0.25) is 0 Å². The minimum absolute atomic E-state index is 0.0665. The molecule has 0 aromatic rings. The Morgan fingerprint density at radius 1 is 1.15 bits per heavy atom. The van der Waals surface area contributed by atoms with Gasteiger partial charge in [0.1, 0.15) is 0 Å². The summed E-state index contributed by atoms with van der Waals surface area (Å²) in [4.78, 5) is 25.9. The molecule has 1 aliphatic carbocycles. The fourth-order valence-corrected chi connectivity index (χ4v) is 3.43. The molecule has 0 aromatic carbocycles. The molecule has 5 heteroatoms. The Morgan fingerprint density at radius 2 is 1.75 bits per heavy atom. The average molecular weight is 282 g/mol. The number of nitrogens with zero attached hydrogens (tertiary/aromatic N) is 1. The third kappa shape index (κ3) is 3.72. The number of likely N-dealkylation sites (tertiary alicyclic amines) is 1. The van der Waals surface area contributed by atoms with Crippen molar-refractivity contribution in [3.63, 3.8) is 0 Å². The lowest BCUT2D eigenvalue weighted by molar-refractivity contribution is -0.148. The highest BCUT2D eigenvalue weighted by Gasteiger charge is 2.35. The number of amides is 1. The third-order valence-corrected chi connectivity index (χ3v) is 4.76. The maximum absolute atomic E-state index is 12.2. The molecule has 20 heavy (non-hydrogen) atoms. The van der Waals surface area contributed by atoms with E-state index >= 15 is 0 Å². The zero-order chi connectivity index (χ0) is 14.5. The van der Waals surface area contributed by atoms with Crippen LogP contribution in [0.1, 0.15) is 45.4 Å². The van der Waals surface area contributed by atoms with Gasteiger partial charge in [-0.1, -0.05) is 12.8 Å². The molecule has 2 rings (SSSR count). The molecule has 0 aromatic heterocycles. The van der Waals surface area contributed by atoms with Crippen molar-refractivity contribution in [1.29, 1.82) is 0 Å². The molecule has 5 nitrogen and oxygen atoms in total. The van der Waals surface area contributed by atoms with Gasteiger partial charge < -0.3 is 10.4 Å². The van der Waals surface area contributed by atoms with Gasteiger partial charge in [0.15, 0.2) is 0 Å². The summed E-state index contributed by atoms with van der Waals surface area (Å²) in [6.45, 7) is 4.97. The molecule has 1 amide bonds. The molecule has 0 bridgehead atoms. The second-order valence-corrected chi connectivity index (χ2v) is 6.17. The normalized spacial score (nSPS) is 29.1. The first-order chi connectivity index (χ1) is 9.59. The smallest absolute Gasteiger partial charge is 0.307 e. The van der Waals surface area contributed by atoms with Crippen molar-refractivity contribution in [2.75, 3.05) is 19.6 Å². The maximum atomic E-state index is 12.2. The minimum Gasteiger partial charge on any atom is -0.481 e. The molecule has 3 atom stereocenters. The molecule has 0 spiro atoms. The van der Waals surface area contributed by atoms with Crippen molar-refractivity contribution in [2.24, 2.45) is 11.8 Å². The molecule has 114 valence electrons. The largest absolute Gasteiger partial charge is 0.481 e. The van der Waals surface area contributed by atoms with Crippen molar-refractivity contribution in [2.45, 2.75) is 51.5 Å². The van der Waals surface area contributed by atoms with Crippen molar-refractivity contribution in [3.05, 3.63) is 0 Å². The molecular weight excluding hydrogens is 256 g/mol. The molecule has 1 aliphatic heterocycles. The van der Waals surface area contributed by atoms with Crippen LogP contribution >= 0.6 is 0 Å². The van der Waals surface area contributed by atoms with Gasteiger partial charge in [-0.2, -0.15) is 0 Å². The van der Waals surface area contributed by atoms with Crippen molar-refractivity contribution in [1.82, 2.24) is 10.2 Å². The molecule has 1 heterocycles. The molecule has 3 unspecified atom stereocenters. The summed E-state index contributed by atoms with van der Waals surface area (Å²) in [5, 5.41) is 12.2. The van der Waals surface area contributed by atoms with Crippen LogP contribution < -0.4 is 5.32 Å². The van der Waals surface area contributed by atoms with Gasteiger partial charge in [-0.3, -0.25) is 14.5 Å². The van der Waals surface area contributed by atoms with Gasteiger partial charge in [-0.05, 0) is 45.7 Å². The fourth-order valence-electron chi connectivity index (χ4n) is 3.43. The highest BCUT2D eigenvalue weighted by molar-refractivity contribution is 5.84. The van der Waals surface area contributed by atoms with E-state index in [1.807, 2.05) is 0 Å². The Kier molecular flexibility index (Phi) is 5.40. The Labute approximate surface area is 120 Å². The monoisotopic (exact) mass is 282 g/mol. The summed E-state index contributed by atoms with van der Waals surface area (Å²) in [7, 11) is 0. The zero-order valence-electron chi connectivity index (χ0n) is 12.3. The van der Waals surface area contributed by atoms with Gasteiger partial charge in [0.2, 0.25) is 5.91 Å². The highest BCUT2D eigenvalue weighted by Crippen LogP contribution is 2.30. The standard InChI is InChI=1S/C15H26N2O3/c1-11(17-8-4-5-9-17)10-16-14(18)12-6-2-3-7-13(12)15(19)20/h11-13H,2-10H2,1H3,(H,16,18)(H,19,20). The first-order valence-corrected chi connectivity index (χ1v) is 7.84. The quantitative estimate of drug-likeness (QED) is 0.801. The van der Waals surface area contributed by atoms with Crippen LogP contribution in [0.5, 0.6) is 0 Å². The van der Waals surface area contributed by atoms with E-state index in [0.717, 1.165) is 25.9 Å². The molecule has 0 radical (unpaired) electrons. The minimum atomic E-state index is -0.822. The molecule has 1 saturated heterocycles. The summed E-state index contributed by atoms with van der Waals surface area (Å²) in [5.41, 5.74) is 0. The van der Waals surface area contributed by atoms with Gasteiger partial charge in [0.25, 0.3) is 0 Å². The van der Waals surface area contributed by atoms with Gasteiger partial charge >= 0.3 is 5.97 Å². The van der Waals surface area contributed by atoms with Crippen LogP contribution in [0.25, 0.3) is 0 Å². The second kappa shape index (κ2) is 7.07. The van der Waals surface area contributed by atoms with E-state index in [-0.39, 0.29) is 11.8 Å². The first-order valence-electron chi connectivity index (χ1n) is 7.84. The van der Waals surface area contributed by atoms with Crippen LogP contribution in [0, 0.1) is 11.8 Å². The fraction of sp³-hybridized carbons (Fsp3) is 0.867. The van der Waals surface area contributed by atoms with E-state index in [1.165, 1.54) is 12.8 Å². The van der Waals surface area contributed by atoms with E-state index in [0.29, 0.717) is 25.4 Å². The summed E-state index contributed by atoms with van der Waals surface area (Å²) in [5.74, 6) is -1.72. The predicted molar refractivity (Wildman–Crippen MR) is 76.4 cm³/mol. The second-order valence-electron chi connectivity index (χ2n) is 6.17. The lowest BCUT2D eigenvalue weighted by Gasteiger charge is -2.29. The average Bonchev–Trinajstić information content (AvgIpc) is 2.98. The topological polar surface area (TPSA) is 69.6 Å². The van der Waals surface area contributed by atoms with Crippen LogP contribution in [0.15, 0.2) is 0 Å². The zero-order valence-corrected chi connectivity index (χ0v) is 12.3. The number of carboxylic acids is 1. The number of carbonyl (C=O) groups is 2. The summed E-state index contributed by atoms with van der Waals surface area (Å²) >= 11 is 0. The Bertz CT molecular complexity index is 353. The first kappa shape index (κ1) is 15.3. The number of nitrogens with one attached hydrogen (secondary N) is 1. The summed E-state index contributed by atoms with van der Waals surface area (Å²) in [6, 6.07) is 0.341. The van der Waals surface area contributed by atoms with Crippen LogP contribution in [0.4, 0.5) is 0 Å². The number of hydrogen-bond acceptors (Lipinski definition) is 3. The summed E-state index contributed by atoms with van der Waals surface area (Å²) in [6.07, 6.45) is 5.70. The number of rotatable bonds is 5. The number of hydrogen-bond donors (Lipinski definition) is 2. The van der Waals surface area contributed by atoms with Crippen molar-refractivity contribution >= 4 is 11.9 Å². The van der Waals surface area contributed by atoms with Gasteiger partial charge in [-0.25, -0.2) is 0 Å². The van der Waals surface area contributed by atoms with Crippen LogP contribution in [-0.4, -0.2) is 47.6 Å². The molecular formula is C15H26N2O3. The number of aliphatic carboxylic acids is 1. The van der Waals surface area contributed by atoms with Crippen molar-refractivity contribution in [3.8, 4) is 0 Å². The van der Waals surface area contributed by atoms with Crippen molar-refractivity contribution < 1.29 is 14.7 Å². The Hall–Kier alpha value is -1.10. The lowest BCUT2D eigenvalue weighted by Crippen LogP contribution is -2.45. The number of carbonyl (C=O) groups excluding carboxylic acids is 1. The molecule has 2 aliphatic rings. The van der Waals surface area contributed by atoms with E-state index in [2.05, 4.69) is 17.1 Å². The van der Waals surface area contributed by atoms with E-state index in [4.69, 9.17) is 0 Å².